The van der Waals surface area contributed by atoms with Gasteiger partial charge < -0.3 is 25.9 Å². The minimum absolute atomic E-state index is 0. The van der Waals surface area contributed by atoms with E-state index in [4.69, 9.17) is 20.4 Å². The lowest BCUT2D eigenvalue weighted by molar-refractivity contribution is -0.186. The van der Waals surface area contributed by atoms with E-state index in [9.17, 15) is 19.2 Å². The second-order valence-electron chi connectivity index (χ2n) is 5.17. The van der Waals surface area contributed by atoms with Crippen LogP contribution in [0.4, 0.5) is 0 Å². The summed E-state index contributed by atoms with van der Waals surface area (Å²) >= 11 is 0. The molecule has 0 spiro atoms. The molecular formula is C14H24O9. The van der Waals surface area contributed by atoms with E-state index >= 15 is 0 Å². The minimum atomic E-state index is -3.37. The highest BCUT2D eigenvalue weighted by molar-refractivity contribution is 6.18. The SMILES string of the molecule is CCCCCCCCC(C(=O)O)C(C(=O)O)(C(=O)O)C(=O)O.O. The Morgan fingerprint density at radius 3 is 1.52 bits per heavy atom. The number of aliphatic carboxylic acids is 4. The Kier molecular flexibility index (Phi) is 10.6. The lowest BCUT2D eigenvalue weighted by Crippen LogP contribution is -2.54. The highest BCUT2D eigenvalue weighted by Gasteiger charge is 2.62. The zero-order valence-electron chi connectivity index (χ0n) is 12.9. The molecule has 0 rings (SSSR count). The number of carboxylic acids is 4. The van der Waals surface area contributed by atoms with Crippen LogP contribution >= 0.6 is 0 Å². The van der Waals surface area contributed by atoms with Gasteiger partial charge in [0.25, 0.3) is 5.41 Å². The van der Waals surface area contributed by atoms with Crippen LogP contribution in [0.15, 0.2) is 0 Å². The summed E-state index contributed by atoms with van der Waals surface area (Å²) in [6, 6.07) is 0. The van der Waals surface area contributed by atoms with Crippen molar-refractivity contribution in [1.29, 1.82) is 0 Å². The van der Waals surface area contributed by atoms with Gasteiger partial charge in [-0.2, -0.15) is 0 Å². The minimum Gasteiger partial charge on any atom is -0.481 e. The fourth-order valence-electron chi connectivity index (χ4n) is 2.38. The van der Waals surface area contributed by atoms with Crippen molar-refractivity contribution in [3.63, 3.8) is 0 Å². The van der Waals surface area contributed by atoms with Gasteiger partial charge in [0.2, 0.25) is 0 Å². The van der Waals surface area contributed by atoms with Gasteiger partial charge in [0, 0.05) is 0 Å². The van der Waals surface area contributed by atoms with Crippen LogP contribution in [0.2, 0.25) is 0 Å². The van der Waals surface area contributed by atoms with Crippen LogP contribution in [-0.2, 0) is 19.2 Å². The Morgan fingerprint density at radius 1 is 0.783 bits per heavy atom. The lowest BCUT2D eigenvalue weighted by Gasteiger charge is -2.26. The number of rotatable bonds is 12. The molecule has 0 radical (unpaired) electrons. The summed E-state index contributed by atoms with van der Waals surface area (Å²) in [5.74, 6) is -10.3. The average molecular weight is 336 g/mol. The van der Waals surface area contributed by atoms with Crippen molar-refractivity contribution in [3.05, 3.63) is 0 Å². The first-order valence-electron chi connectivity index (χ1n) is 7.15. The Morgan fingerprint density at radius 2 is 1.17 bits per heavy atom. The molecule has 6 N–H and O–H groups in total. The normalized spacial score (nSPS) is 12.0. The van der Waals surface area contributed by atoms with Gasteiger partial charge in [0.05, 0.1) is 5.92 Å². The van der Waals surface area contributed by atoms with Crippen LogP contribution in [0.1, 0.15) is 51.9 Å². The van der Waals surface area contributed by atoms with Crippen molar-refractivity contribution in [1.82, 2.24) is 0 Å². The molecule has 0 aliphatic carbocycles. The zero-order valence-corrected chi connectivity index (χ0v) is 12.9. The Bertz CT molecular complexity index is 394. The average Bonchev–Trinajstić information content (AvgIpc) is 2.39. The first kappa shape index (κ1) is 23.1. The second-order valence-corrected chi connectivity index (χ2v) is 5.17. The molecule has 0 aromatic carbocycles. The molecule has 0 aromatic heterocycles. The number of unbranched alkanes of at least 4 members (excludes halogenated alkanes) is 5. The predicted octanol–water partition coefficient (Wildman–Crippen LogP) is 0.853. The lowest BCUT2D eigenvalue weighted by atomic mass is 9.72. The maximum Gasteiger partial charge on any atom is 0.333 e. The van der Waals surface area contributed by atoms with E-state index in [1.54, 1.807) is 0 Å². The van der Waals surface area contributed by atoms with Crippen molar-refractivity contribution < 1.29 is 45.1 Å². The molecule has 0 heterocycles. The van der Waals surface area contributed by atoms with Crippen molar-refractivity contribution in [2.75, 3.05) is 0 Å². The molecule has 0 saturated carbocycles. The summed E-state index contributed by atoms with van der Waals surface area (Å²) in [6.07, 6.45) is 4.33. The van der Waals surface area contributed by atoms with Crippen molar-refractivity contribution in [2.45, 2.75) is 51.9 Å². The Balaban J connectivity index is 0. The fraction of sp³-hybridized carbons (Fsp3) is 0.714. The van der Waals surface area contributed by atoms with Gasteiger partial charge in [-0.15, -0.1) is 0 Å². The summed E-state index contributed by atoms with van der Waals surface area (Å²) in [6.45, 7) is 2.03. The van der Waals surface area contributed by atoms with Crippen LogP contribution in [0.3, 0.4) is 0 Å². The number of carbonyl (C=O) groups is 4. The molecule has 1 unspecified atom stereocenters. The first-order chi connectivity index (χ1) is 10.2. The molecule has 0 fully saturated rings. The first-order valence-corrected chi connectivity index (χ1v) is 7.15. The third kappa shape index (κ3) is 5.51. The van der Waals surface area contributed by atoms with E-state index in [1.807, 2.05) is 6.92 Å². The molecule has 0 bridgehead atoms. The maximum absolute atomic E-state index is 11.2. The van der Waals surface area contributed by atoms with Crippen molar-refractivity contribution >= 4 is 23.9 Å². The molecule has 0 saturated heterocycles. The molecule has 23 heavy (non-hydrogen) atoms. The van der Waals surface area contributed by atoms with E-state index in [0.717, 1.165) is 25.7 Å². The summed E-state index contributed by atoms with van der Waals surface area (Å²) < 4.78 is 0. The van der Waals surface area contributed by atoms with Crippen LogP contribution in [0.5, 0.6) is 0 Å². The van der Waals surface area contributed by atoms with Crippen LogP contribution in [0.25, 0.3) is 0 Å². The third-order valence-corrected chi connectivity index (χ3v) is 3.68. The van der Waals surface area contributed by atoms with Gasteiger partial charge in [-0.05, 0) is 6.42 Å². The number of carboxylic acid groups (broad SMARTS) is 4. The van der Waals surface area contributed by atoms with E-state index < -0.39 is 35.2 Å². The van der Waals surface area contributed by atoms with E-state index in [2.05, 4.69) is 0 Å². The van der Waals surface area contributed by atoms with Crippen LogP contribution in [0, 0.1) is 11.3 Å². The molecule has 0 aliphatic rings. The highest BCUT2D eigenvalue weighted by Crippen LogP contribution is 2.34. The van der Waals surface area contributed by atoms with Gasteiger partial charge >= 0.3 is 23.9 Å². The smallest absolute Gasteiger partial charge is 0.333 e. The largest absolute Gasteiger partial charge is 0.481 e. The summed E-state index contributed by atoms with van der Waals surface area (Å²) in [7, 11) is 0. The Labute approximate surface area is 133 Å². The van der Waals surface area contributed by atoms with Gasteiger partial charge in [-0.3, -0.25) is 19.2 Å². The van der Waals surface area contributed by atoms with Gasteiger partial charge in [-0.25, -0.2) is 0 Å². The topological polar surface area (TPSA) is 181 Å². The zero-order chi connectivity index (χ0) is 17.3. The van der Waals surface area contributed by atoms with Gasteiger partial charge in [0.1, 0.15) is 0 Å². The fourth-order valence-corrected chi connectivity index (χ4v) is 2.38. The molecule has 9 nitrogen and oxygen atoms in total. The van der Waals surface area contributed by atoms with Gasteiger partial charge in [0.15, 0.2) is 0 Å². The Hall–Kier alpha value is -2.16. The van der Waals surface area contributed by atoms with Crippen molar-refractivity contribution in [2.24, 2.45) is 11.3 Å². The number of hydrogen-bond donors (Lipinski definition) is 4. The highest BCUT2D eigenvalue weighted by atomic mass is 16.4. The molecule has 0 amide bonds. The molecule has 0 aliphatic heterocycles. The predicted molar refractivity (Wildman–Crippen MR) is 78.1 cm³/mol. The summed E-state index contributed by atoms with van der Waals surface area (Å²) in [5.41, 5.74) is -3.37. The van der Waals surface area contributed by atoms with Gasteiger partial charge in [-0.1, -0.05) is 45.4 Å². The van der Waals surface area contributed by atoms with Crippen molar-refractivity contribution in [3.8, 4) is 0 Å². The maximum atomic E-state index is 11.2. The molecule has 0 aromatic rings. The van der Waals surface area contributed by atoms with E-state index in [-0.39, 0.29) is 18.3 Å². The van der Waals surface area contributed by atoms with E-state index in [0.29, 0.717) is 6.42 Å². The summed E-state index contributed by atoms with van der Waals surface area (Å²) in [5, 5.41) is 36.2. The quantitative estimate of drug-likeness (QED) is 0.299. The second kappa shape index (κ2) is 10.5. The van der Waals surface area contributed by atoms with Crippen LogP contribution < -0.4 is 0 Å². The standard InChI is InChI=1S/C14H22O8.H2O/c1-2-3-4-5-6-7-8-9(10(15)16)14(11(17)18,12(19)20)13(21)22;/h9H,2-8H2,1H3,(H,15,16)(H,17,18)(H,19,20)(H,21,22);1H2. The van der Waals surface area contributed by atoms with Crippen LogP contribution in [-0.4, -0.2) is 49.8 Å². The summed E-state index contributed by atoms with van der Waals surface area (Å²) in [4.78, 5) is 44.8. The molecular weight excluding hydrogens is 312 g/mol. The number of hydrogen-bond acceptors (Lipinski definition) is 4. The monoisotopic (exact) mass is 336 g/mol. The molecule has 134 valence electrons. The third-order valence-electron chi connectivity index (χ3n) is 3.68. The van der Waals surface area contributed by atoms with E-state index in [1.165, 1.54) is 0 Å². The molecule has 1 atom stereocenters. The molecule has 9 heteroatoms.